The van der Waals surface area contributed by atoms with Crippen LogP contribution in [0.2, 0.25) is 0 Å². The van der Waals surface area contributed by atoms with Crippen LogP contribution in [-0.2, 0) is 0 Å². The molecule has 0 saturated carbocycles. The van der Waals surface area contributed by atoms with Crippen LogP contribution >= 0.6 is 11.8 Å². The van der Waals surface area contributed by atoms with E-state index in [1.807, 2.05) is 0 Å². The van der Waals surface area contributed by atoms with E-state index in [2.05, 4.69) is 6.92 Å². The Bertz CT molecular complexity index is 107. The highest BCUT2D eigenvalue weighted by molar-refractivity contribution is 7.99. The summed E-state index contributed by atoms with van der Waals surface area (Å²) < 4.78 is 0. The summed E-state index contributed by atoms with van der Waals surface area (Å²) in [5, 5.41) is 9.53. The molecule has 74 valence electrons. The van der Waals surface area contributed by atoms with Crippen LogP contribution in [-0.4, -0.2) is 28.8 Å². The molecule has 0 rings (SSSR count). The first-order valence-electron chi connectivity index (χ1n) is 4.62. The minimum Gasteiger partial charge on any atom is -0.388 e. The Morgan fingerprint density at radius 2 is 2.08 bits per heavy atom. The topological polar surface area (TPSA) is 46.2 Å². The van der Waals surface area contributed by atoms with Crippen LogP contribution in [0.3, 0.4) is 0 Å². The number of thioether (sulfide) groups is 1. The van der Waals surface area contributed by atoms with Crippen molar-refractivity contribution >= 4 is 11.8 Å². The van der Waals surface area contributed by atoms with Gasteiger partial charge in [-0.2, -0.15) is 11.8 Å². The third-order valence-electron chi connectivity index (χ3n) is 1.74. The van der Waals surface area contributed by atoms with E-state index in [1.165, 1.54) is 19.3 Å². The lowest BCUT2D eigenvalue weighted by Gasteiger charge is -2.19. The molecule has 1 unspecified atom stereocenters. The summed E-state index contributed by atoms with van der Waals surface area (Å²) in [6.07, 6.45) is 3.80. The normalized spacial score (nSPS) is 16.0. The first kappa shape index (κ1) is 12.3. The molecule has 0 radical (unpaired) electrons. The molecular formula is C9H21NOS. The van der Waals surface area contributed by atoms with Crippen LogP contribution < -0.4 is 5.73 Å². The van der Waals surface area contributed by atoms with E-state index in [9.17, 15) is 5.11 Å². The van der Waals surface area contributed by atoms with Crippen LogP contribution in [0.15, 0.2) is 0 Å². The van der Waals surface area contributed by atoms with Gasteiger partial charge in [-0.1, -0.05) is 19.8 Å². The second-order valence-corrected chi connectivity index (χ2v) is 4.57. The molecule has 2 nitrogen and oxygen atoms in total. The maximum atomic E-state index is 9.53. The molecule has 3 heteroatoms. The van der Waals surface area contributed by atoms with Gasteiger partial charge in [-0.05, 0) is 19.1 Å². The molecule has 3 N–H and O–H groups in total. The van der Waals surface area contributed by atoms with Gasteiger partial charge >= 0.3 is 0 Å². The van der Waals surface area contributed by atoms with Gasteiger partial charge in [0.2, 0.25) is 0 Å². The van der Waals surface area contributed by atoms with Gasteiger partial charge in [0.05, 0.1) is 5.60 Å². The summed E-state index contributed by atoms with van der Waals surface area (Å²) in [4.78, 5) is 0. The third kappa shape index (κ3) is 6.95. The van der Waals surface area contributed by atoms with E-state index in [-0.39, 0.29) is 0 Å². The van der Waals surface area contributed by atoms with Crippen molar-refractivity contribution < 1.29 is 5.11 Å². The Balaban J connectivity index is 3.19. The van der Waals surface area contributed by atoms with Gasteiger partial charge in [-0.25, -0.2) is 0 Å². The van der Waals surface area contributed by atoms with Crippen LogP contribution in [0.4, 0.5) is 0 Å². The predicted molar refractivity (Wildman–Crippen MR) is 56.5 cm³/mol. The van der Waals surface area contributed by atoms with E-state index in [0.717, 1.165) is 11.5 Å². The molecule has 0 aliphatic heterocycles. The minimum atomic E-state index is -0.670. The predicted octanol–water partition coefficient (Wildman–Crippen LogP) is 1.62. The number of nitrogens with two attached hydrogens (primary N) is 1. The molecule has 0 heterocycles. The zero-order chi connectivity index (χ0) is 9.45. The Labute approximate surface area is 79.9 Å². The van der Waals surface area contributed by atoms with Gasteiger partial charge in [0.1, 0.15) is 0 Å². The fourth-order valence-electron chi connectivity index (χ4n) is 0.805. The van der Waals surface area contributed by atoms with Crippen molar-refractivity contribution in [2.45, 2.75) is 38.7 Å². The van der Waals surface area contributed by atoms with E-state index in [4.69, 9.17) is 5.73 Å². The van der Waals surface area contributed by atoms with Crippen molar-refractivity contribution in [3.8, 4) is 0 Å². The van der Waals surface area contributed by atoms with E-state index < -0.39 is 5.60 Å². The molecule has 0 aromatic rings. The van der Waals surface area contributed by atoms with Crippen molar-refractivity contribution in [3.63, 3.8) is 0 Å². The lowest BCUT2D eigenvalue weighted by Crippen LogP contribution is -2.36. The summed E-state index contributed by atoms with van der Waals surface area (Å²) in [7, 11) is 0. The Morgan fingerprint density at radius 3 is 2.58 bits per heavy atom. The third-order valence-corrected chi connectivity index (χ3v) is 3.15. The van der Waals surface area contributed by atoms with Gasteiger partial charge in [-0.15, -0.1) is 0 Å². The van der Waals surface area contributed by atoms with Gasteiger partial charge in [0.15, 0.2) is 0 Å². The lowest BCUT2D eigenvalue weighted by atomic mass is 10.1. The zero-order valence-electron chi connectivity index (χ0n) is 8.18. The SMILES string of the molecule is CCCCCSCC(C)(O)CN. The molecule has 0 aliphatic rings. The summed E-state index contributed by atoms with van der Waals surface area (Å²) in [5.74, 6) is 1.90. The molecule has 0 fully saturated rings. The van der Waals surface area contributed by atoms with Crippen molar-refractivity contribution in [1.82, 2.24) is 0 Å². The number of hydrogen-bond acceptors (Lipinski definition) is 3. The second-order valence-electron chi connectivity index (χ2n) is 3.46. The fraction of sp³-hybridized carbons (Fsp3) is 1.00. The summed E-state index contributed by atoms with van der Waals surface area (Å²) in [5.41, 5.74) is 4.71. The van der Waals surface area contributed by atoms with Crippen LogP contribution in [0.5, 0.6) is 0 Å². The Kier molecular flexibility index (Phi) is 6.90. The molecule has 0 amide bonds. The zero-order valence-corrected chi connectivity index (χ0v) is 8.99. The minimum absolute atomic E-state index is 0.355. The maximum absolute atomic E-state index is 9.53. The number of rotatable bonds is 7. The summed E-state index contributed by atoms with van der Waals surface area (Å²) >= 11 is 1.79. The largest absolute Gasteiger partial charge is 0.388 e. The molecule has 0 saturated heterocycles. The average Bonchev–Trinajstić information content (AvgIpc) is 2.04. The molecule has 0 aliphatic carbocycles. The van der Waals surface area contributed by atoms with E-state index in [1.54, 1.807) is 18.7 Å². The highest BCUT2D eigenvalue weighted by Gasteiger charge is 2.16. The van der Waals surface area contributed by atoms with Gasteiger partial charge < -0.3 is 10.8 Å². The molecule has 12 heavy (non-hydrogen) atoms. The molecule has 0 aromatic carbocycles. The smallest absolute Gasteiger partial charge is 0.0831 e. The standard InChI is InChI=1S/C9H21NOS/c1-3-4-5-6-12-8-9(2,11)7-10/h11H,3-8,10H2,1-2H3. The molecular weight excluding hydrogens is 170 g/mol. The van der Waals surface area contributed by atoms with Crippen molar-refractivity contribution in [2.24, 2.45) is 5.73 Å². The first-order valence-corrected chi connectivity index (χ1v) is 5.78. The van der Waals surface area contributed by atoms with Crippen LogP contribution in [0, 0.1) is 0 Å². The molecule has 0 bridgehead atoms. The maximum Gasteiger partial charge on any atom is 0.0831 e. The highest BCUT2D eigenvalue weighted by atomic mass is 32.2. The number of hydrogen-bond donors (Lipinski definition) is 2. The molecule has 0 aromatic heterocycles. The fourth-order valence-corrected chi connectivity index (χ4v) is 1.92. The number of unbranched alkanes of at least 4 members (excludes halogenated alkanes) is 2. The Morgan fingerprint density at radius 1 is 1.42 bits per heavy atom. The molecule has 0 spiro atoms. The monoisotopic (exact) mass is 191 g/mol. The van der Waals surface area contributed by atoms with Gasteiger partial charge in [-0.3, -0.25) is 0 Å². The van der Waals surface area contributed by atoms with Crippen molar-refractivity contribution in [1.29, 1.82) is 0 Å². The number of aliphatic hydroxyl groups is 1. The average molecular weight is 191 g/mol. The lowest BCUT2D eigenvalue weighted by molar-refractivity contribution is 0.0949. The summed E-state index contributed by atoms with van der Waals surface area (Å²) in [6.45, 7) is 4.34. The molecule has 1 atom stereocenters. The van der Waals surface area contributed by atoms with Gasteiger partial charge in [0.25, 0.3) is 0 Å². The summed E-state index contributed by atoms with van der Waals surface area (Å²) in [6, 6.07) is 0. The first-order chi connectivity index (χ1) is 5.62. The Hall–Kier alpha value is 0.270. The van der Waals surface area contributed by atoms with Crippen LogP contribution in [0.1, 0.15) is 33.1 Å². The van der Waals surface area contributed by atoms with E-state index >= 15 is 0 Å². The van der Waals surface area contributed by atoms with E-state index in [0.29, 0.717) is 6.54 Å². The van der Waals surface area contributed by atoms with Crippen molar-refractivity contribution in [3.05, 3.63) is 0 Å². The second kappa shape index (κ2) is 6.75. The quantitative estimate of drug-likeness (QED) is 0.601. The van der Waals surface area contributed by atoms with Crippen LogP contribution in [0.25, 0.3) is 0 Å². The highest BCUT2D eigenvalue weighted by Crippen LogP contribution is 2.13. The van der Waals surface area contributed by atoms with Gasteiger partial charge in [0, 0.05) is 12.3 Å². The van der Waals surface area contributed by atoms with Crippen molar-refractivity contribution in [2.75, 3.05) is 18.1 Å².